The van der Waals surface area contributed by atoms with Gasteiger partial charge in [-0.2, -0.15) is 0 Å². The molecule has 0 saturated heterocycles. The molecule has 2 aromatic carbocycles. The van der Waals surface area contributed by atoms with Crippen molar-refractivity contribution >= 4 is 29.4 Å². The summed E-state index contributed by atoms with van der Waals surface area (Å²) in [5.41, 5.74) is 11.7. The number of hydrogen-bond donors (Lipinski definition) is 2. The highest BCUT2D eigenvalue weighted by molar-refractivity contribution is 5.88. The van der Waals surface area contributed by atoms with Gasteiger partial charge in [-0.15, -0.1) is 0 Å². The smallest absolute Gasteiger partial charge is 0.227 e. The fraction of sp³-hybridized carbons (Fsp3) is 0.0833. The first kappa shape index (κ1) is 20.2. The molecule has 0 spiro atoms. The molecule has 4 rings (SSSR count). The molecule has 0 radical (unpaired) electrons. The maximum atomic E-state index is 11.9. The lowest BCUT2D eigenvalue weighted by Crippen LogP contribution is -2.14. The minimum Gasteiger partial charge on any atom is -0.326 e. The standard InChI is InChI=1S/C24H22N6O/c1-17-4-7-21(30(16-31)20-8-5-18(14-25)6-9-20)13-23(17)29-24-27-12-10-22(28-24)19-3-2-11-26-15-19/h2-13,15-16H,14,25H2,1H3,(H,27,28,29). The summed E-state index contributed by atoms with van der Waals surface area (Å²) in [5.74, 6) is 0.464. The Kier molecular flexibility index (Phi) is 5.96. The van der Waals surface area contributed by atoms with Crippen LogP contribution in [0.2, 0.25) is 0 Å². The molecule has 0 unspecified atom stereocenters. The monoisotopic (exact) mass is 410 g/mol. The number of hydrogen-bond acceptors (Lipinski definition) is 6. The second kappa shape index (κ2) is 9.15. The topological polar surface area (TPSA) is 97.0 Å². The molecule has 3 N–H and O–H groups in total. The summed E-state index contributed by atoms with van der Waals surface area (Å²) in [4.78, 5) is 26.5. The SMILES string of the molecule is Cc1ccc(N(C=O)c2ccc(CN)cc2)cc1Nc1nccc(-c2cccnc2)n1. The summed E-state index contributed by atoms with van der Waals surface area (Å²) in [6, 6.07) is 19.0. The van der Waals surface area contributed by atoms with E-state index in [2.05, 4.69) is 20.3 Å². The molecule has 31 heavy (non-hydrogen) atoms. The van der Waals surface area contributed by atoms with Crippen LogP contribution < -0.4 is 16.0 Å². The highest BCUT2D eigenvalue weighted by Gasteiger charge is 2.11. The van der Waals surface area contributed by atoms with Crippen molar-refractivity contribution in [3.05, 3.63) is 90.4 Å². The van der Waals surface area contributed by atoms with Gasteiger partial charge in [-0.3, -0.25) is 14.7 Å². The number of rotatable bonds is 7. The molecule has 0 fully saturated rings. The second-order valence-electron chi connectivity index (χ2n) is 6.98. The van der Waals surface area contributed by atoms with Crippen LogP contribution >= 0.6 is 0 Å². The number of benzene rings is 2. The number of aromatic nitrogens is 3. The Labute approximate surface area is 180 Å². The first-order valence-electron chi connectivity index (χ1n) is 9.82. The quantitative estimate of drug-likeness (QED) is 0.440. The van der Waals surface area contributed by atoms with Crippen LogP contribution in [0.1, 0.15) is 11.1 Å². The summed E-state index contributed by atoms with van der Waals surface area (Å²) in [7, 11) is 0. The molecular formula is C24H22N6O. The molecule has 4 aromatic rings. The lowest BCUT2D eigenvalue weighted by molar-refractivity contribution is -0.106. The molecule has 154 valence electrons. The van der Waals surface area contributed by atoms with E-state index in [1.165, 1.54) is 0 Å². The van der Waals surface area contributed by atoms with Gasteiger partial charge in [0.15, 0.2) is 0 Å². The number of nitrogens with one attached hydrogen (secondary N) is 1. The van der Waals surface area contributed by atoms with Crippen molar-refractivity contribution in [1.29, 1.82) is 0 Å². The van der Waals surface area contributed by atoms with Gasteiger partial charge in [0, 0.05) is 42.1 Å². The number of pyridine rings is 1. The van der Waals surface area contributed by atoms with Gasteiger partial charge in [0.1, 0.15) is 0 Å². The third-order valence-corrected chi connectivity index (χ3v) is 4.91. The molecule has 7 heteroatoms. The molecule has 0 bridgehead atoms. The lowest BCUT2D eigenvalue weighted by Gasteiger charge is -2.20. The fourth-order valence-corrected chi connectivity index (χ4v) is 3.17. The number of aryl methyl sites for hydroxylation is 1. The molecule has 0 saturated carbocycles. The van der Waals surface area contributed by atoms with E-state index >= 15 is 0 Å². The normalized spacial score (nSPS) is 10.5. The predicted octanol–water partition coefficient (Wildman–Crippen LogP) is 4.34. The van der Waals surface area contributed by atoms with E-state index in [1.807, 2.05) is 67.6 Å². The van der Waals surface area contributed by atoms with Gasteiger partial charge >= 0.3 is 0 Å². The van der Waals surface area contributed by atoms with E-state index < -0.39 is 0 Å². The number of carbonyl (C=O) groups excluding carboxylic acids is 1. The van der Waals surface area contributed by atoms with Gasteiger partial charge in [-0.05, 0) is 60.5 Å². The third kappa shape index (κ3) is 4.57. The number of anilines is 4. The van der Waals surface area contributed by atoms with E-state index in [1.54, 1.807) is 23.5 Å². The van der Waals surface area contributed by atoms with Gasteiger partial charge in [0.05, 0.1) is 11.4 Å². The Balaban J connectivity index is 1.63. The van der Waals surface area contributed by atoms with Crippen LogP contribution in [-0.4, -0.2) is 21.4 Å². The van der Waals surface area contributed by atoms with Gasteiger partial charge in [-0.1, -0.05) is 18.2 Å². The van der Waals surface area contributed by atoms with Gasteiger partial charge in [-0.25, -0.2) is 9.97 Å². The van der Waals surface area contributed by atoms with Crippen molar-refractivity contribution in [2.24, 2.45) is 5.73 Å². The molecule has 0 aliphatic rings. The van der Waals surface area contributed by atoms with Crippen LogP contribution in [0.4, 0.5) is 23.0 Å². The van der Waals surface area contributed by atoms with E-state index in [0.29, 0.717) is 12.5 Å². The number of carbonyl (C=O) groups is 1. The summed E-state index contributed by atoms with van der Waals surface area (Å²) in [6.45, 7) is 2.44. The molecular weight excluding hydrogens is 388 g/mol. The Morgan fingerprint density at radius 3 is 2.55 bits per heavy atom. The fourth-order valence-electron chi connectivity index (χ4n) is 3.17. The maximum Gasteiger partial charge on any atom is 0.227 e. The Bertz CT molecular complexity index is 1180. The molecule has 2 heterocycles. The molecule has 0 aliphatic heterocycles. The molecule has 0 aliphatic carbocycles. The zero-order chi connectivity index (χ0) is 21.6. The van der Waals surface area contributed by atoms with Crippen LogP contribution in [0.15, 0.2) is 79.3 Å². The van der Waals surface area contributed by atoms with Crippen molar-refractivity contribution in [2.75, 3.05) is 10.2 Å². The molecule has 2 aromatic heterocycles. The average molecular weight is 410 g/mol. The summed E-state index contributed by atoms with van der Waals surface area (Å²) >= 11 is 0. The zero-order valence-electron chi connectivity index (χ0n) is 17.1. The minimum absolute atomic E-state index is 0.456. The summed E-state index contributed by atoms with van der Waals surface area (Å²) < 4.78 is 0. The first-order chi connectivity index (χ1) is 15.2. The van der Waals surface area contributed by atoms with E-state index in [-0.39, 0.29) is 0 Å². The second-order valence-corrected chi connectivity index (χ2v) is 6.98. The van der Waals surface area contributed by atoms with Crippen molar-refractivity contribution in [3.63, 3.8) is 0 Å². The summed E-state index contributed by atoms with van der Waals surface area (Å²) in [6.07, 6.45) is 5.98. The molecule has 1 amide bonds. The van der Waals surface area contributed by atoms with Crippen molar-refractivity contribution in [3.8, 4) is 11.3 Å². The Morgan fingerprint density at radius 2 is 1.84 bits per heavy atom. The summed E-state index contributed by atoms with van der Waals surface area (Å²) in [5, 5.41) is 3.27. The Hall–Kier alpha value is -4.10. The molecule has 7 nitrogen and oxygen atoms in total. The predicted molar refractivity (Wildman–Crippen MR) is 122 cm³/mol. The highest BCUT2D eigenvalue weighted by Crippen LogP contribution is 2.30. The van der Waals surface area contributed by atoms with E-state index in [4.69, 9.17) is 5.73 Å². The van der Waals surface area contributed by atoms with Gasteiger partial charge in [0.25, 0.3) is 0 Å². The van der Waals surface area contributed by atoms with Crippen LogP contribution in [-0.2, 0) is 11.3 Å². The minimum atomic E-state index is 0.456. The molecule has 0 atom stereocenters. The van der Waals surface area contributed by atoms with Crippen LogP contribution in [0.25, 0.3) is 11.3 Å². The van der Waals surface area contributed by atoms with Gasteiger partial charge in [0.2, 0.25) is 12.4 Å². The van der Waals surface area contributed by atoms with Crippen molar-refractivity contribution in [2.45, 2.75) is 13.5 Å². The van der Waals surface area contributed by atoms with Crippen LogP contribution in [0.3, 0.4) is 0 Å². The highest BCUT2D eigenvalue weighted by atomic mass is 16.1. The zero-order valence-corrected chi connectivity index (χ0v) is 17.1. The van der Waals surface area contributed by atoms with Crippen molar-refractivity contribution < 1.29 is 4.79 Å². The van der Waals surface area contributed by atoms with Crippen LogP contribution in [0, 0.1) is 6.92 Å². The lowest BCUT2D eigenvalue weighted by atomic mass is 10.1. The van der Waals surface area contributed by atoms with Gasteiger partial charge < -0.3 is 11.1 Å². The van der Waals surface area contributed by atoms with E-state index in [0.717, 1.165) is 45.9 Å². The maximum absolute atomic E-state index is 11.9. The third-order valence-electron chi connectivity index (χ3n) is 4.91. The largest absolute Gasteiger partial charge is 0.326 e. The Morgan fingerprint density at radius 1 is 1.03 bits per heavy atom. The van der Waals surface area contributed by atoms with Crippen LogP contribution in [0.5, 0.6) is 0 Å². The number of amides is 1. The average Bonchev–Trinajstić information content (AvgIpc) is 2.83. The van der Waals surface area contributed by atoms with Crippen molar-refractivity contribution in [1.82, 2.24) is 15.0 Å². The number of nitrogens with zero attached hydrogens (tertiary/aromatic N) is 4. The number of nitrogens with two attached hydrogens (primary N) is 1. The van der Waals surface area contributed by atoms with E-state index in [9.17, 15) is 4.79 Å². The first-order valence-corrected chi connectivity index (χ1v) is 9.82.